The van der Waals surface area contributed by atoms with E-state index in [4.69, 9.17) is 9.47 Å². The van der Waals surface area contributed by atoms with Crippen molar-refractivity contribution >= 4 is 18.2 Å². The topological polar surface area (TPSA) is 118 Å². The number of hydrogen-bond acceptors (Lipinski definition) is 7. The lowest BCUT2D eigenvalue weighted by molar-refractivity contribution is -0.192. The van der Waals surface area contributed by atoms with Gasteiger partial charge in [-0.1, -0.05) is 0 Å². The molecule has 28 heavy (non-hydrogen) atoms. The molecule has 0 saturated heterocycles. The minimum atomic E-state index is -4.86. The van der Waals surface area contributed by atoms with Gasteiger partial charge in [0.05, 0.1) is 0 Å². The van der Waals surface area contributed by atoms with Crippen molar-refractivity contribution in [2.24, 2.45) is 0 Å². The van der Waals surface area contributed by atoms with Crippen molar-refractivity contribution in [2.75, 3.05) is 6.61 Å². The van der Waals surface area contributed by atoms with E-state index in [1.807, 2.05) is 5.43 Å². The standard InChI is InChI=1S/C16H24F3N3O6/c1-13(2,3)27-11(24)21-22(12(25)28-14(4,5)6)15(7,8-20)10(23)26-9-16(17,18)19/h9H2,1-7H3,(H,21,24)/t15-/m1/s1. The van der Waals surface area contributed by atoms with E-state index in [1.54, 1.807) is 0 Å². The molecule has 1 atom stereocenters. The summed E-state index contributed by atoms with van der Waals surface area (Å²) in [6.45, 7) is 7.69. The van der Waals surface area contributed by atoms with Gasteiger partial charge >= 0.3 is 24.3 Å². The summed E-state index contributed by atoms with van der Waals surface area (Å²) < 4.78 is 51.0. The van der Waals surface area contributed by atoms with Gasteiger partial charge in [0.1, 0.15) is 17.3 Å². The van der Waals surface area contributed by atoms with E-state index in [2.05, 4.69) is 4.74 Å². The number of halogens is 3. The molecule has 12 heteroatoms. The van der Waals surface area contributed by atoms with E-state index in [0.717, 1.165) is 6.92 Å². The second-order valence-corrected chi connectivity index (χ2v) is 7.80. The van der Waals surface area contributed by atoms with Gasteiger partial charge in [0.2, 0.25) is 5.54 Å². The number of amides is 2. The number of hydrazine groups is 1. The number of nitrogens with zero attached hydrogens (tertiary/aromatic N) is 2. The van der Waals surface area contributed by atoms with Crippen molar-refractivity contribution in [1.29, 1.82) is 5.26 Å². The zero-order valence-electron chi connectivity index (χ0n) is 16.7. The third-order valence-corrected chi connectivity index (χ3v) is 2.61. The summed E-state index contributed by atoms with van der Waals surface area (Å²) >= 11 is 0. The Morgan fingerprint density at radius 2 is 1.43 bits per heavy atom. The first kappa shape index (κ1) is 25.3. The van der Waals surface area contributed by atoms with Crippen LogP contribution in [-0.2, 0) is 19.0 Å². The molecule has 0 fully saturated rings. The molecule has 0 saturated carbocycles. The molecule has 0 aliphatic rings. The van der Waals surface area contributed by atoms with Crippen LogP contribution in [0.1, 0.15) is 48.5 Å². The number of rotatable bonds is 3. The van der Waals surface area contributed by atoms with Gasteiger partial charge in [-0.3, -0.25) is 0 Å². The van der Waals surface area contributed by atoms with Crippen LogP contribution >= 0.6 is 0 Å². The number of nitriles is 1. The molecule has 0 aliphatic heterocycles. The molecule has 0 aromatic rings. The molecule has 0 aromatic carbocycles. The van der Waals surface area contributed by atoms with Gasteiger partial charge in [-0.15, -0.1) is 0 Å². The van der Waals surface area contributed by atoms with E-state index in [-0.39, 0.29) is 5.01 Å². The zero-order valence-corrected chi connectivity index (χ0v) is 16.7. The van der Waals surface area contributed by atoms with Crippen molar-refractivity contribution in [1.82, 2.24) is 10.4 Å². The predicted molar refractivity (Wildman–Crippen MR) is 88.5 cm³/mol. The van der Waals surface area contributed by atoms with Crippen LogP contribution in [0.15, 0.2) is 0 Å². The summed E-state index contributed by atoms with van der Waals surface area (Å²) in [5.41, 5.74) is -2.94. The maximum absolute atomic E-state index is 12.4. The van der Waals surface area contributed by atoms with Gasteiger partial charge in [-0.2, -0.15) is 23.4 Å². The molecule has 2 amide bonds. The number of carbonyl (C=O) groups excluding carboxylic acids is 3. The molecule has 0 radical (unpaired) electrons. The molecular formula is C16H24F3N3O6. The van der Waals surface area contributed by atoms with Gasteiger partial charge in [0, 0.05) is 0 Å². The van der Waals surface area contributed by atoms with Crippen molar-refractivity contribution < 1.29 is 41.8 Å². The first-order valence-electron chi connectivity index (χ1n) is 7.99. The van der Waals surface area contributed by atoms with E-state index in [9.17, 15) is 32.8 Å². The fourth-order valence-corrected chi connectivity index (χ4v) is 1.51. The summed E-state index contributed by atoms with van der Waals surface area (Å²) in [5.74, 6) is -1.73. The highest BCUT2D eigenvalue weighted by molar-refractivity contribution is 5.89. The first-order chi connectivity index (χ1) is 12.3. The monoisotopic (exact) mass is 411 g/mol. The number of carbonyl (C=O) groups is 3. The quantitative estimate of drug-likeness (QED) is 0.431. The Morgan fingerprint density at radius 3 is 1.79 bits per heavy atom. The van der Waals surface area contributed by atoms with Crippen LogP contribution in [0.5, 0.6) is 0 Å². The van der Waals surface area contributed by atoms with Gasteiger partial charge in [0.25, 0.3) is 0 Å². The van der Waals surface area contributed by atoms with Crippen molar-refractivity contribution in [3.8, 4) is 6.07 Å². The Kier molecular flexibility index (Phi) is 7.71. The Balaban J connectivity index is 5.82. The van der Waals surface area contributed by atoms with Gasteiger partial charge in [0.15, 0.2) is 6.61 Å². The van der Waals surface area contributed by atoms with Crippen LogP contribution in [0, 0.1) is 11.3 Å². The molecule has 0 aliphatic carbocycles. The largest absolute Gasteiger partial charge is 0.453 e. The molecular weight excluding hydrogens is 387 g/mol. The van der Waals surface area contributed by atoms with Gasteiger partial charge in [-0.25, -0.2) is 19.8 Å². The van der Waals surface area contributed by atoms with Crippen LogP contribution in [-0.4, -0.2) is 52.7 Å². The Morgan fingerprint density at radius 1 is 0.964 bits per heavy atom. The van der Waals surface area contributed by atoms with E-state index in [0.29, 0.717) is 0 Å². The van der Waals surface area contributed by atoms with E-state index >= 15 is 0 Å². The smallest absolute Gasteiger partial charge is 0.431 e. The Hall–Kier alpha value is -2.71. The van der Waals surface area contributed by atoms with Crippen molar-refractivity contribution in [3.05, 3.63) is 0 Å². The number of ether oxygens (including phenoxy) is 3. The van der Waals surface area contributed by atoms with Crippen LogP contribution in [0.25, 0.3) is 0 Å². The van der Waals surface area contributed by atoms with E-state index < -0.39 is 47.7 Å². The maximum Gasteiger partial charge on any atom is 0.431 e. The lowest BCUT2D eigenvalue weighted by Crippen LogP contribution is -2.63. The summed E-state index contributed by atoms with van der Waals surface area (Å²) in [6, 6.07) is 1.36. The predicted octanol–water partition coefficient (Wildman–Crippen LogP) is 3.05. The minimum Gasteiger partial charge on any atom is -0.453 e. The first-order valence-corrected chi connectivity index (χ1v) is 7.99. The third-order valence-electron chi connectivity index (χ3n) is 2.61. The summed E-state index contributed by atoms with van der Waals surface area (Å²) in [5, 5.41) is 9.50. The zero-order chi connectivity index (χ0) is 22.6. The number of nitrogens with one attached hydrogen (secondary N) is 1. The lowest BCUT2D eigenvalue weighted by atomic mass is 10.0. The second kappa shape index (κ2) is 8.53. The molecule has 0 spiro atoms. The van der Waals surface area contributed by atoms with Crippen molar-refractivity contribution in [2.45, 2.75) is 71.4 Å². The maximum atomic E-state index is 12.4. The molecule has 160 valence electrons. The molecule has 9 nitrogen and oxygen atoms in total. The Bertz CT molecular complexity index is 646. The van der Waals surface area contributed by atoms with Crippen LogP contribution in [0.2, 0.25) is 0 Å². The van der Waals surface area contributed by atoms with Crippen LogP contribution in [0.3, 0.4) is 0 Å². The molecule has 0 heterocycles. The fourth-order valence-electron chi connectivity index (χ4n) is 1.51. The average Bonchev–Trinajstić information content (AvgIpc) is 2.45. The fraction of sp³-hybridized carbons (Fsp3) is 0.750. The highest BCUT2D eigenvalue weighted by Gasteiger charge is 2.49. The minimum absolute atomic E-state index is 0.130. The number of esters is 1. The average molecular weight is 411 g/mol. The second-order valence-electron chi connectivity index (χ2n) is 7.80. The summed E-state index contributed by atoms with van der Waals surface area (Å²) in [6.07, 6.45) is -7.49. The number of hydrogen-bond donors (Lipinski definition) is 1. The SMILES string of the molecule is CC(C)(C)OC(=O)NN(C(=O)OC(C)(C)C)[C@](C)(C#N)C(=O)OCC(F)(F)F. The normalized spacial score (nSPS) is 14.2. The Labute approximate surface area is 160 Å². The van der Waals surface area contributed by atoms with Gasteiger partial charge < -0.3 is 14.2 Å². The lowest BCUT2D eigenvalue weighted by Gasteiger charge is -2.35. The van der Waals surface area contributed by atoms with Crippen LogP contribution in [0.4, 0.5) is 22.8 Å². The van der Waals surface area contributed by atoms with E-state index in [1.165, 1.54) is 47.6 Å². The third kappa shape index (κ3) is 8.79. The molecule has 0 aromatic heterocycles. The molecule has 0 unspecified atom stereocenters. The molecule has 0 bridgehead atoms. The number of alkyl halides is 3. The molecule has 1 N–H and O–H groups in total. The molecule has 0 rings (SSSR count). The highest BCUT2D eigenvalue weighted by atomic mass is 19.4. The summed E-state index contributed by atoms with van der Waals surface area (Å²) in [4.78, 5) is 36.6. The van der Waals surface area contributed by atoms with Gasteiger partial charge in [-0.05, 0) is 48.5 Å². The van der Waals surface area contributed by atoms with Crippen molar-refractivity contribution in [3.63, 3.8) is 0 Å². The summed E-state index contributed by atoms with van der Waals surface area (Å²) in [7, 11) is 0. The van der Waals surface area contributed by atoms with Crippen LogP contribution < -0.4 is 5.43 Å². The highest BCUT2D eigenvalue weighted by Crippen LogP contribution is 2.22.